The van der Waals surface area contributed by atoms with E-state index in [9.17, 15) is 13.2 Å². The topological polar surface area (TPSA) is 54.5 Å². The van der Waals surface area contributed by atoms with Crippen molar-refractivity contribution in [3.63, 3.8) is 0 Å². The highest BCUT2D eigenvalue weighted by Crippen LogP contribution is 2.26. The van der Waals surface area contributed by atoms with Gasteiger partial charge in [0.25, 0.3) is 0 Å². The van der Waals surface area contributed by atoms with Crippen LogP contribution in [0, 0.1) is 11.8 Å². The van der Waals surface area contributed by atoms with E-state index in [1.165, 1.54) is 0 Å². The van der Waals surface area contributed by atoms with Crippen LogP contribution in [0.3, 0.4) is 0 Å². The third kappa shape index (κ3) is 3.52. The van der Waals surface area contributed by atoms with Crippen LogP contribution in [0.5, 0.6) is 0 Å². The number of sulfonamides is 1. The number of hydrogen-bond donors (Lipinski definition) is 0. The molecule has 0 bridgehead atoms. The number of carbonyl (C=O) groups excluding carboxylic acids is 1. The van der Waals surface area contributed by atoms with Crippen LogP contribution in [0.1, 0.15) is 44.0 Å². The second-order valence-corrected chi connectivity index (χ2v) is 8.01. The maximum atomic E-state index is 12.7. The van der Waals surface area contributed by atoms with Crippen molar-refractivity contribution < 1.29 is 13.2 Å². The summed E-state index contributed by atoms with van der Waals surface area (Å²) in [6.07, 6.45) is 1.49. The van der Waals surface area contributed by atoms with Gasteiger partial charge in [-0.25, -0.2) is 8.42 Å². The summed E-state index contributed by atoms with van der Waals surface area (Å²) in [5, 5.41) is 0. The number of rotatable bonds is 4. The molecule has 1 fully saturated rings. The van der Waals surface area contributed by atoms with E-state index in [0.717, 1.165) is 6.42 Å². The van der Waals surface area contributed by atoms with E-state index in [0.29, 0.717) is 36.9 Å². The van der Waals surface area contributed by atoms with Gasteiger partial charge in [0.05, 0.1) is 4.90 Å². The second-order valence-electron chi connectivity index (χ2n) is 6.07. The summed E-state index contributed by atoms with van der Waals surface area (Å²) in [7, 11) is -3.46. The van der Waals surface area contributed by atoms with E-state index in [-0.39, 0.29) is 10.7 Å². The van der Waals surface area contributed by atoms with Gasteiger partial charge in [0.15, 0.2) is 5.78 Å². The summed E-state index contributed by atoms with van der Waals surface area (Å²) in [5.74, 6) is 0.785. The molecule has 2 rings (SSSR count). The third-order valence-corrected chi connectivity index (χ3v) is 5.82. The van der Waals surface area contributed by atoms with E-state index in [4.69, 9.17) is 0 Å². The van der Waals surface area contributed by atoms with Gasteiger partial charge >= 0.3 is 0 Å². The molecule has 1 aromatic carbocycles. The van der Waals surface area contributed by atoms with Gasteiger partial charge in [0.2, 0.25) is 10.0 Å². The molecule has 1 aliphatic rings. The zero-order valence-electron chi connectivity index (χ0n) is 12.9. The predicted molar refractivity (Wildman–Crippen MR) is 82.8 cm³/mol. The molecular weight excluding hydrogens is 286 g/mol. The molecule has 0 aromatic heterocycles. The van der Waals surface area contributed by atoms with Gasteiger partial charge in [0, 0.05) is 25.1 Å². The molecule has 0 saturated carbocycles. The molecule has 1 aliphatic heterocycles. The minimum Gasteiger partial charge on any atom is -0.294 e. The number of carbonyl (C=O) groups is 1. The van der Waals surface area contributed by atoms with Gasteiger partial charge in [-0.15, -0.1) is 0 Å². The fourth-order valence-electron chi connectivity index (χ4n) is 2.97. The summed E-state index contributed by atoms with van der Waals surface area (Å²) in [6.45, 7) is 7.11. The zero-order valence-corrected chi connectivity index (χ0v) is 13.7. The highest BCUT2D eigenvalue weighted by Gasteiger charge is 2.31. The maximum absolute atomic E-state index is 12.7. The largest absolute Gasteiger partial charge is 0.294 e. The molecule has 21 heavy (non-hydrogen) atoms. The van der Waals surface area contributed by atoms with Crippen molar-refractivity contribution >= 4 is 15.8 Å². The number of piperidine rings is 1. The Hall–Kier alpha value is -1.20. The maximum Gasteiger partial charge on any atom is 0.243 e. The number of benzene rings is 1. The molecule has 1 aromatic rings. The first-order chi connectivity index (χ1) is 9.84. The second kappa shape index (κ2) is 6.28. The van der Waals surface area contributed by atoms with Crippen LogP contribution in [0.15, 0.2) is 29.2 Å². The monoisotopic (exact) mass is 309 g/mol. The first-order valence-corrected chi connectivity index (χ1v) is 8.92. The van der Waals surface area contributed by atoms with Crippen LogP contribution in [-0.4, -0.2) is 31.6 Å². The summed E-state index contributed by atoms with van der Waals surface area (Å²) < 4.78 is 26.9. The smallest absolute Gasteiger partial charge is 0.243 e. The van der Waals surface area contributed by atoms with Crippen molar-refractivity contribution in [2.45, 2.75) is 38.5 Å². The van der Waals surface area contributed by atoms with Crippen LogP contribution >= 0.6 is 0 Å². The number of nitrogens with zero attached hydrogens (tertiary/aromatic N) is 1. The molecule has 5 heteroatoms. The Morgan fingerprint density at radius 3 is 2.14 bits per heavy atom. The Bertz CT molecular complexity index is 597. The van der Waals surface area contributed by atoms with E-state index < -0.39 is 10.0 Å². The van der Waals surface area contributed by atoms with Gasteiger partial charge in [0.1, 0.15) is 0 Å². The summed E-state index contributed by atoms with van der Waals surface area (Å²) in [4.78, 5) is 11.9. The quantitative estimate of drug-likeness (QED) is 0.804. The minimum atomic E-state index is -3.46. The van der Waals surface area contributed by atoms with Gasteiger partial charge in [-0.1, -0.05) is 32.9 Å². The highest BCUT2D eigenvalue weighted by molar-refractivity contribution is 7.89. The summed E-state index contributed by atoms with van der Waals surface area (Å²) in [6, 6.07) is 6.30. The average molecular weight is 309 g/mol. The van der Waals surface area contributed by atoms with Crippen molar-refractivity contribution in [2.24, 2.45) is 11.8 Å². The molecule has 1 heterocycles. The fourth-order valence-corrected chi connectivity index (χ4v) is 4.65. The number of hydrogen-bond acceptors (Lipinski definition) is 3. The van der Waals surface area contributed by atoms with E-state index in [2.05, 4.69) is 13.8 Å². The molecule has 0 N–H and O–H groups in total. The molecule has 116 valence electrons. The van der Waals surface area contributed by atoms with Gasteiger partial charge in [-0.05, 0) is 30.4 Å². The molecule has 0 amide bonds. The summed E-state index contributed by atoms with van der Waals surface area (Å²) >= 11 is 0. The number of Topliss-reactive ketones (excluding diaryl/α,β-unsaturated/α-hetero) is 1. The van der Waals surface area contributed by atoms with Crippen LogP contribution in [0.4, 0.5) is 0 Å². The van der Waals surface area contributed by atoms with E-state index >= 15 is 0 Å². The van der Waals surface area contributed by atoms with Gasteiger partial charge in [-0.2, -0.15) is 4.31 Å². The zero-order chi connectivity index (χ0) is 15.6. The molecule has 0 aliphatic carbocycles. The lowest BCUT2D eigenvalue weighted by Crippen LogP contribution is -2.42. The molecular formula is C16H23NO3S. The van der Waals surface area contributed by atoms with Crippen molar-refractivity contribution in [2.75, 3.05) is 13.1 Å². The SMILES string of the molecule is CCC(=O)c1ccc(S(=O)(=O)N2CC(C)CC(C)C2)cc1. The lowest BCUT2D eigenvalue weighted by Gasteiger charge is -2.34. The minimum absolute atomic E-state index is 0.0270. The van der Waals surface area contributed by atoms with E-state index in [1.54, 1.807) is 35.5 Å². The van der Waals surface area contributed by atoms with Crippen molar-refractivity contribution in [1.82, 2.24) is 4.31 Å². The molecule has 0 spiro atoms. The Kier molecular flexibility index (Phi) is 4.84. The summed E-state index contributed by atoms with van der Waals surface area (Å²) in [5.41, 5.74) is 0.567. The normalized spacial score (nSPS) is 24.0. The fraction of sp³-hybridized carbons (Fsp3) is 0.562. The molecule has 4 nitrogen and oxygen atoms in total. The first-order valence-electron chi connectivity index (χ1n) is 7.48. The lowest BCUT2D eigenvalue weighted by atomic mass is 9.94. The molecule has 2 unspecified atom stereocenters. The van der Waals surface area contributed by atoms with Crippen LogP contribution in [-0.2, 0) is 10.0 Å². The average Bonchev–Trinajstić information content (AvgIpc) is 2.45. The third-order valence-electron chi connectivity index (χ3n) is 3.97. The van der Waals surface area contributed by atoms with Gasteiger partial charge < -0.3 is 0 Å². The lowest BCUT2D eigenvalue weighted by molar-refractivity contribution is 0.0988. The van der Waals surface area contributed by atoms with E-state index in [1.807, 2.05) is 0 Å². The molecule has 0 radical (unpaired) electrons. The Morgan fingerprint density at radius 1 is 1.14 bits per heavy atom. The van der Waals surface area contributed by atoms with Crippen LogP contribution in [0.25, 0.3) is 0 Å². The number of ketones is 1. The first kappa shape index (κ1) is 16.2. The van der Waals surface area contributed by atoms with Crippen molar-refractivity contribution in [3.8, 4) is 0 Å². The van der Waals surface area contributed by atoms with Crippen molar-refractivity contribution in [3.05, 3.63) is 29.8 Å². The van der Waals surface area contributed by atoms with Crippen LogP contribution < -0.4 is 0 Å². The van der Waals surface area contributed by atoms with Crippen LogP contribution in [0.2, 0.25) is 0 Å². The Morgan fingerprint density at radius 2 is 1.67 bits per heavy atom. The van der Waals surface area contributed by atoms with Gasteiger partial charge in [-0.3, -0.25) is 4.79 Å². The molecule has 1 saturated heterocycles. The molecule has 2 atom stereocenters. The Labute approximate surface area is 127 Å². The Balaban J connectivity index is 2.25. The predicted octanol–water partition coefficient (Wildman–Crippen LogP) is 2.95. The standard InChI is InChI=1S/C16H23NO3S/c1-4-16(18)14-5-7-15(8-6-14)21(19,20)17-10-12(2)9-13(3)11-17/h5-8,12-13H,4,9-11H2,1-3H3. The highest BCUT2D eigenvalue weighted by atomic mass is 32.2. The van der Waals surface area contributed by atoms with Crippen molar-refractivity contribution in [1.29, 1.82) is 0 Å².